The van der Waals surface area contributed by atoms with Gasteiger partial charge in [0.05, 0.1) is 12.7 Å². The Bertz CT molecular complexity index is 666. The molecule has 1 atom stereocenters. The van der Waals surface area contributed by atoms with Crippen molar-refractivity contribution in [2.45, 2.75) is 12.3 Å². The van der Waals surface area contributed by atoms with E-state index < -0.39 is 0 Å². The van der Waals surface area contributed by atoms with Crippen molar-refractivity contribution < 1.29 is 9.59 Å². The Labute approximate surface area is 154 Å². The van der Waals surface area contributed by atoms with Gasteiger partial charge < -0.3 is 20.0 Å². The van der Waals surface area contributed by atoms with Gasteiger partial charge in [-0.1, -0.05) is 0 Å². The van der Waals surface area contributed by atoms with Gasteiger partial charge in [-0.2, -0.15) is 5.10 Å². The van der Waals surface area contributed by atoms with Crippen molar-refractivity contribution in [2.75, 3.05) is 54.4 Å². The number of likely N-dealkylation sites (N-methyl/N-ethyl adjacent to an activating group) is 2. The Morgan fingerprint density at radius 2 is 1.96 bits per heavy atom. The van der Waals surface area contributed by atoms with E-state index in [4.69, 9.17) is 0 Å². The second-order valence-electron chi connectivity index (χ2n) is 6.95. The maximum atomic E-state index is 11.9. The second-order valence-corrected chi connectivity index (χ2v) is 6.95. The molecule has 1 N–H and O–H groups in total. The predicted octanol–water partition coefficient (Wildman–Crippen LogP) is -0.669. The highest BCUT2D eigenvalue weighted by Gasteiger charge is 2.27. The zero-order valence-electron chi connectivity index (χ0n) is 16.3. The van der Waals surface area contributed by atoms with Crippen molar-refractivity contribution in [1.29, 1.82) is 0 Å². The molecule has 0 spiro atoms. The van der Waals surface area contributed by atoms with Gasteiger partial charge in [0.2, 0.25) is 11.8 Å². The van der Waals surface area contributed by atoms with Crippen molar-refractivity contribution >= 4 is 17.8 Å². The number of nitrogens with zero attached hydrogens (tertiary/aromatic N) is 6. The number of carbonyl (C=O) groups is 2. The summed E-state index contributed by atoms with van der Waals surface area (Å²) in [6.45, 7) is 1.80. The van der Waals surface area contributed by atoms with E-state index in [0.717, 1.165) is 19.5 Å². The van der Waals surface area contributed by atoms with Crippen molar-refractivity contribution in [1.82, 2.24) is 29.8 Å². The van der Waals surface area contributed by atoms with E-state index in [1.54, 1.807) is 32.9 Å². The fourth-order valence-electron chi connectivity index (χ4n) is 2.74. The van der Waals surface area contributed by atoms with E-state index in [1.165, 1.54) is 15.4 Å². The number of amides is 2. The Morgan fingerprint density at radius 3 is 2.54 bits per heavy atom. The molecule has 1 fully saturated rings. The lowest BCUT2D eigenvalue weighted by atomic mass is 10.0. The normalized spacial score (nSPS) is 17.3. The SMILES string of the molecule is CN(C)C(=O)CN=C(NCC(=O)N(C)C)N1CCC(c2cnn(C)c2)C1. The molecular weight excluding hydrogens is 334 g/mol. The third kappa shape index (κ3) is 5.21. The third-order valence-electron chi connectivity index (χ3n) is 4.44. The molecule has 9 heteroatoms. The van der Waals surface area contributed by atoms with Crippen LogP contribution in [0.1, 0.15) is 17.9 Å². The average molecular weight is 363 g/mol. The maximum absolute atomic E-state index is 11.9. The van der Waals surface area contributed by atoms with Crippen LogP contribution >= 0.6 is 0 Å². The first-order valence-electron chi connectivity index (χ1n) is 8.70. The number of aromatic nitrogens is 2. The number of aliphatic imine (C=N–C) groups is 1. The maximum Gasteiger partial charge on any atom is 0.243 e. The van der Waals surface area contributed by atoms with Gasteiger partial charge in [-0.3, -0.25) is 14.3 Å². The summed E-state index contributed by atoms with van der Waals surface area (Å²) in [6.07, 6.45) is 4.91. The fourth-order valence-corrected chi connectivity index (χ4v) is 2.74. The lowest BCUT2D eigenvalue weighted by molar-refractivity contribution is -0.127. The largest absolute Gasteiger partial charge is 0.347 e. The van der Waals surface area contributed by atoms with Crippen LogP contribution in [-0.2, 0) is 16.6 Å². The van der Waals surface area contributed by atoms with Crippen molar-refractivity contribution in [2.24, 2.45) is 12.0 Å². The Kier molecular flexibility index (Phi) is 6.59. The number of carbonyl (C=O) groups excluding carboxylic acids is 2. The lowest BCUT2D eigenvalue weighted by Crippen LogP contribution is -2.45. The number of aryl methyl sites for hydroxylation is 1. The summed E-state index contributed by atoms with van der Waals surface area (Å²) >= 11 is 0. The second kappa shape index (κ2) is 8.68. The molecule has 2 rings (SSSR count). The zero-order chi connectivity index (χ0) is 19.3. The van der Waals surface area contributed by atoms with Crippen LogP contribution in [0.2, 0.25) is 0 Å². The minimum atomic E-state index is -0.0776. The van der Waals surface area contributed by atoms with E-state index in [9.17, 15) is 9.59 Å². The van der Waals surface area contributed by atoms with Gasteiger partial charge in [0, 0.05) is 60.4 Å². The van der Waals surface area contributed by atoms with Crippen LogP contribution in [-0.4, -0.2) is 96.6 Å². The predicted molar refractivity (Wildman–Crippen MR) is 99.8 cm³/mol. The molecule has 1 aliphatic rings. The Morgan fingerprint density at radius 1 is 1.27 bits per heavy atom. The van der Waals surface area contributed by atoms with Crippen LogP contribution in [0.25, 0.3) is 0 Å². The summed E-state index contributed by atoms with van der Waals surface area (Å²) in [6, 6.07) is 0. The van der Waals surface area contributed by atoms with Crippen molar-refractivity contribution in [3.8, 4) is 0 Å². The van der Waals surface area contributed by atoms with Crippen LogP contribution in [0, 0.1) is 0 Å². The minimum absolute atomic E-state index is 0.0420. The van der Waals surface area contributed by atoms with Crippen LogP contribution in [0.5, 0.6) is 0 Å². The molecular formula is C17H29N7O2. The number of hydrogen-bond donors (Lipinski definition) is 1. The van der Waals surface area contributed by atoms with Gasteiger partial charge in [-0.15, -0.1) is 0 Å². The van der Waals surface area contributed by atoms with Crippen LogP contribution in [0.3, 0.4) is 0 Å². The van der Waals surface area contributed by atoms with Gasteiger partial charge in [-0.05, 0) is 12.0 Å². The summed E-state index contributed by atoms with van der Waals surface area (Å²) in [7, 11) is 8.74. The molecule has 2 amide bonds. The number of hydrogen-bond acceptors (Lipinski definition) is 4. The van der Waals surface area contributed by atoms with E-state index in [1.807, 2.05) is 19.4 Å². The number of rotatable bonds is 5. The van der Waals surface area contributed by atoms with E-state index in [2.05, 4.69) is 20.3 Å². The molecule has 0 aromatic carbocycles. The summed E-state index contributed by atoms with van der Waals surface area (Å²) < 4.78 is 1.80. The lowest BCUT2D eigenvalue weighted by Gasteiger charge is -2.23. The van der Waals surface area contributed by atoms with Crippen LogP contribution in [0.4, 0.5) is 0 Å². The molecule has 1 saturated heterocycles. The molecule has 0 radical (unpaired) electrons. The monoisotopic (exact) mass is 363 g/mol. The summed E-state index contributed by atoms with van der Waals surface area (Å²) in [5.41, 5.74) is 1.20. The number of likely N-dealkylation sites (tertiary alicyclic amines) is 1. The fraction of sp³-hybridized carbons (Fsp3) is 0.647. The molecule has 26 heavy (non-hydrogen) atoms. The molecule has 2 heterocycles. The van der Waals surface area contributed by atoms with E-state index >= 15 is 0 Å². The van der Waals surface area contributed by atoms with E-state index in [-0.39, 0.29) is 24.9 Å². The highest BCUT2D eigenvalue weighted by atomic mass is 16.2. The number of guanidine groups is 1. The molecule has 1 unspecified atom stereocenters. The number of nitrogens with one attached hydrogen (secondary N) is 1. The first-order chi connectivity index (χ1) is 12.3. The molecule has 1 aromatic heterocycles. The molecule has 1 aromatic rings. The smallest absolute Gasteiger partial charge is 0.243 e. The molecule has 1 aliphatic heterocycles. The quantitative estimate of drug-likeness (QED) is 0.554. The van der Waals surface area contributed by atoms with Gasteiger partial charge in [0.15, 0.2) is 5.96 Å². The van der Waals surface area contributed by atoms with Gasteiger partial charge in [0.1, 0.15) is 6.54 Å². The van der Waals surface area contributed by atoms with Gasteiger partial charge in [0.25, 0.3) is 0 Å². The summed E-state index contributed by atoms with van der Waals surface area (Å²) in [5, 5.41) is 7.35. The zero-order valence-corrected chi connectivity index (χ0v) is 16.3. The van der Waals surface area contributed by atoms with Crippen LogP contribution < -0.4 is 5.32 Å². The molecule has 0 saturated carbocycles. The van der Waals surface area contributed by atoms with Gasteiger partial charge in [-0.25, -0.2) is 4.99 Å². The standard InChI is InChI=1S/C17H29N7O2/c1-21(2)15(25)9-18-17(19-10-16(26)22(3)4)24-7-6-13(12-24)14-8-20-23(5)11-14/h8,11,13H,6-7,9-10,12H2,1-5H3,(H,18,19). The van der Waals surface area contributed by atoms with Crippen molar-refractivity contribution in [3.63, 3.8) is 0 Å². The summed E-state index contributed by atoms with van der Waals surface area (Å²) in [4.78, 5) is 33.4. The highest BCUT2D eigenvalue weighted by Crippen LogP contribution is 2.26. The van der Waals surface area contributed by atoms with E-state index in [0.29, 0.717) is 11.9 Å². The van der Waals surface area contributed by atoms with Gasteiger partial charge >= 0.3 is 0 Å². The molecule has 0 bridgehead atoms. The topological polar surface area (TPSA) is 86.1 Å². The Hall–Kier alpha value is -2.58. The van der Waals surface area contributed by atoms with Crippen LogP contribution in [0.15, 0.2) is 17.4 Å². The summed E-state index contributed by atoms with van der Waals surface area (Å²) in [5.74, 6) is 0.845. The average Bonchev–Trinajstić information content (AvgIpc) is 3.23. The Balaban J connectivity index is 2.06. The molecule has 144 valence electrons. The first kappa shape index (κ1) is 19.7. The highest BCUT2D eigenvalue weighted by molar-refractivity contribution is 5.88. The molecule has 0 aliphatic carbocycles. The molecule has 9 nitrogen and oxygen atoms in total. The minimum Gasteiger partial charge on any atom is -0.347 e. The third-order valence-corrected chi connectivity index (χ3v) is 4.44. The van der Waals surface area contributed by atoms with Crippen molar-refractivity contribution in [3.05, 3.63) is 18.0 Å². The first-order valence-corrected chi connectivity index (χ1v) is 8.70.